The maximum atomic E-state index is 12.3. The normalized spacial score (nSPS) is 11.6. The third-order valence-corrected chi connectivity index (χ3v) is 2.12. The largest absolute Gasteiger partial charge is 0.405 e. The van der Waals surface area contributed by atoms with Crippen molar-refractivity contribution in [3.05, 3.63) is 23.9 Å². The van der Waals surface area contributed by atoms with Gasteiger partial charge in [-0.3, -0.25) is 0 Å². The van der Waals surface area contributed by atoms with Gasteiger partial charge in [-0.25, -0.2) is 4.98 Å². The van der Waals surface area contributed by atoms with E-state index in [1.54, 1.807) is 19.1 Å². The summed E-state index contributed by atoms with van der Waals surface area (Å²) in [6.45, 7) is 0.894. The molecule has 0 atom stereocenters. The highest BCUT2D eigenvalue weighted by atomic mass is 35.5. The highest BCUT2D eigenvalue weighted by Crippen LogP contribution is 2.21. The molecule has 16 heavy (non-hydrogen) atoms. The molecule has 0 bridgehead atoms. The third-order valence-electron chi connectivity index (χ3n) is 1.95. The van der Waals surface area contributed by atoms with Crippen LogP contribution >= 0.6 is 11.6 Å². The Hall–Kier alpha value is -0.970. The Morgan fingerprint density at radius 2 is 2.12 bits per heavy atom. The molecule has 2 nitrogen and oxygen atoms in total. The molecule has 90 valence electrons. The van der Waals surface area contributed by atoms with Crippen molar-refractivity contribution in [1.82, 2.24) is 4.98 Å². The molecule has 0 aromatic carbocycles. The van der Waals surface area contributed by atoms with Crippen LogP contribution in [0.1, 0.15) is 5.56 Å². The van der Waals surface area contributed by atoms with Gasteiger partial charge < -0.3 is 4.90 Å². The van der Waals surface area contributed by atoms with E-state index < -0.39 is 12.7 Å². The Labute approximate surface area is 97.0 Å². The lowest BCUT2D eigenvalue weighted by atomic mass is 10.3. The van der Waals surface area contributed by atoms with Crippen LogP contribution in [0.3, 0.4) is 0 Å². The second-order valence-electron chi connectivity index (χ2n) is 3.42. The van der Waals surface area contributed by atoms with Crippen molar-refractivity contribution in [3.63, 3.8) is 0 Å². The molecular weight excluding hydrogens is 241 g/mol. The molecule has 1 rings (SSSR count). The molecule has 0 N–H and O–H groups in total. The van der Waals surface area contributed by atoms with Gasteiger partial charge in [0.2, 0.25) is 0 Å². The lowest BCUT2D eigenvalue weighted by Gasteiger charge is -2.24. The zero-order chi connectivity index (χ0) is 12.2. The van der Waals surface area contributed by atoms with Gasteiger partial charge in [0.05, 0.1) is 0 Å². The fourth-order valence-electron chi connectivity index (χ4n) is 1.29. The van der Waals surface area contributed by atoms with Gasteiger partial charge in [-0.2, -0.15) is 13.2 Å². The fraction of sp³-hybridized carbons (Fsp3) is 0.500. The molecule has 1 heterocycles. The molecule has 1 aromatic rings. The summed E-state index contributed by atoms with van der Waals surface area (Å²) in [5, 5.41) is 0. The number of hydrogen-bond acceptors (Lipinski definition) is 2. The van der Waals surface area contributed by atoms with Crippen LogP contribution in [0.5, 0.6) is 0 Å². The molecule has 0 aliphatic heterocycles. The Bertz CT molecular complexity index is 341. The molecule has 0 saturated heterocycles. The minimum Gasteiger partial charge on any atom is -0.346 e. The maximum Gasteiger partial charge on any atom is 0.405 e. The van der Waals surface area contributed by atoms with Crippen molar-refractivity contribution in [2.24, 2.45) is 0 Å². The van der Waals surface area contributed by atoms with E-state index >= 15 is 0 Å². The molecule has 1 aromatic heterocycles. The number of aryl methyl sites for hydroxylation is 1. The van der Waals surface area contributed by atoms with Crippen LogP contribution < -0.4 is 4.90 Å². The van der Waals surface area contributed by atoms with Crippen LogP contribution in [0.15, 0.2) is 18.3 Å². The first-order valence-corrected chi connectivity index (χ1v) is 5.26. The van der Waals surface area contributed by atoms with Gasteiger partial charge in [0.15, 0.2) is 0 Å². The summed E-state index contributed by atoms with van der Waals surface area (Å²) in [6, 6.07) is 3.34. The summed E-state index contributed by atoms with van der Waals surface area (Å²) < 4.78 is 36.9. The van der Waals surface area contributed by atoms with Crippen molar-refractivity contribution >= 4 is 17.4 Å². The summed E-state index contributed by atoms with van der Waals surface area (Å²) in [7, 11) is 0. The SMILES string of the molecule is Cc1ccnc(N(CCCl)CC(F)(F)F)c1. The smallest absolute Gasteiger partial charge is 0.346 e. The molecule has 0 spiro atoms. The summed E-state index contributed by atoms with van der Waals surface area (Å²) in [6.07, 6.45) is -2.76. The fourth-order valence-corrected chi connectivity index (χ4v) is 1.49. The lowest BCUT2D eigenvalue weighted by molar-refractivity contribution is -0.119. The lowest BCUT2D eigenvalue weighted by Crippen LogP contribution is -2.36. The van der Waals surface area contributed by atoms with Crippen LogP contribution in [0.25, 0.3) is 0 Å². The van der Waals surface area contributed by atoms with E-state index in [2.05, 4.69) is 4.98 Å². The van der Waals surface area contributed by atoms with Crippen LogP contribution in [-0.4, -0.2) is 30.1 Å². The van der Waals surface area contributed by atoms with Crippen molar-refractivity contribution in [1.29, 1.82) is 0 Å². The van der Waals surface area contributed by atoms with E-state index in [4.69, 9.17) is 11.6 Å². The van der Waals surface area contributed by atoms with E-state index in [0.717, 1.165) is 10.5 Å². The van der Waals surface area contributed by atoms with Gasteiger partial charge in [-0.05, 0) is 24.6 Å². The van der Waals surface area contributed by atoms with Crippen molar-refractivity contribution in [2.45, 2.75) is 13.1 Å². The maximum absolute atomic E-state index is 12.3. The highest BCUT2D eigenvalue weighted by molar-refractivity contribution is 6.18. The summed E-state index contributed by atoms with van der Waals surface area (Å²) in [4.78, 5) is 5.03. The van der Waals surface area contributed by atoms with Gasteiger partial charge in [-0.1, -0.05) is 0 Å². The van der Waals surface area contributed by atoms with Gasteiger partial charge in [0.25, 0.3) is 0 Å². The van der Waals surface area contributed by atoms with Gasteiger partial charge >= 0.3 is 6.18 Å². The van der Waals surface area contributed by atoms with E-state index in [0.29, 0.717) is 5.82 Å². The Balaban J connectivity index is 2.85. The monoisotopic (exact) mass is 252 g/mol. The molecule has 0 unspecified atom stereocenters. The number of halogens is 4. The number of rotatable bonds is 4. The molecular formula is C10H12ClF3N2. The number of hydrogen-bond donors (Lipinski definition) is 0. The predicted molar refractivity (Wildman–Crippen MR) is 58.0 cm³/mol. The first-order chi connectivity index (χ1) is 7.42. The molecule has 0 saturated carbocycles. The standard InChI is InChI=1S/C10H12ClF3N2/c1-8-2-4-15-9(6-8)16(5-3-11)7-10(12,13)14/h2,4,6H,3,5,7H2,1H3. The summed E-state index contributed by atoms with van der Waals surface area (Å²) in [5.74, 6) is 0.434. The molecule has 0 aliphatic carbocycles. The number of aromatic nitrogens is 1. The second kappa shape index (κ2) is 5.39. The van der Waals surface area contributed by atoms with E-state index in [9.17, 15) is 13.2 Å². The number of nitrogens with zero attached hydrogens (tertiary/aromatic N) is 2. The number of alkyl halides is 4. The van der Waals surface area contributed by atoms with Gasteiger partial charge in [0, 0.05) is 18.6 Å². The Kier molecular flexibility index (Phi) is 4.41. The summed E-state index contributed by atoms with van der Waals surface area (Å²) in [5.41, 5.74) is 0.867. The highest BCUT2D eigenvalue weighted by Gasteiger charge is 2.31. The average molecular weight is 253 g/mol. The first kappa shape index (κ1) is 13.1. The topological polar surface area (TPSA) is 16.1 Å². The zero-order valence-corrected chi connectivity index (χ0v) is 9.52. The average Bonchev–Trinajstić information content (AvgIpc) is 2.15. The zero-order valence-electron chi connectivity index (χ0n) is 8.76. The molecule has 0 amide bonds. The molecule has 0 radical (unpaired) electrons. The van der Waals surface area contributed by atoms with E-state index in [1.165, 1.54) is 6.20 Å². The third kappa shape index (κ3) is 4.26. The predicted octanol–water partition coefficient (Wildman–Crippen LogP) is 3.00. The minimum atomic E-state index is -4.25. The van der Waals surface area contributed by atoms with Gasteiger partial charge in [-0.15, -0.1) is 11.6 Å². The van der Waals surface area contributed by atoms with Gasteiger partial charge in [0.1, 0.15) is 12.4 Å². The number of anilines is 1. The Morgan fingerprint density at radius 1 is 1.44 bits per heavy atom. The van der Waals surface area contributed by atoms with Crippen molar-refractivity contribution in [2.75, 3.05) is 23.9 Å². The Morgan fingerprint density at radius 3 is 2.62 bits per heavy atom. The second-order valence-corrected chi connectivity index (χ2v) is 3.80. The molecule has 0 fully saturated rings. The van der Waals surface area contributed by atoms with Crippen molar-refractivity contribution in [3.8, 4) is 0 Å². The van der Waals surface area contributed by atoms with Crippen LogP contribution in [0.4, 0.5) is 19.0 Å². The first-order valence-electron chi connectivity index (χ1n) is 4.72. The minimum absolute atomic E-state index is 0.123. The van der Waals surface area contributed by atoms with Crippen LogP contribution in [-0.2, 0) is 0 Å². The number of pyridine rings is 1. The van der Waals surface area contributed by atoms with Crippen LogP contribution in [0.2, 0.25) is 0 Å². The molecule has 6 heteroatoms. The van der Waals surface area contributed by atoms with Crippen LogP contribution in [0, 0.1) is 6.92 Å². The van der Waals surface area contributed by atoms with E-state index in [1.807, 2.05) is 0 Å². The van der Waals surface area contributed by atoms with Crippen molar-refractivity contribution < 1.29 is 13.2 Å². The summed E-state index contributed by atoms with van der Waals surface area (Å²) >= 11 is 5.48. The van der Waals surface area contributed by atoms with E-state index in [-0.39, 0.29) is 12.4 Å². The quantitative estimate of drug-likeness (QED) is 0.766. The molecule has 0 aliphatic rings.